The Morgan fingerprint density at radius 3 is 2.81 bits per heavy atom. The van der Waals surface area contributed by atoms with E-state index in [0.717, 1.165) is 21.2 Å². The standard InChI is InChI=1S/C16H11BrO3S/c17-12-2-1-3-13(8-12)21-9-10-4-5-14-11(6-10)7-15(20-14)16(18)19/h1-8H,9H2,(H,18,19). The normalized spacial score (nSPS) is 10.9. The zero-order chi connectivity index (χ0) is 14.8. The second kappa shape index (κ2) is 5.95. The van der Waals surface area contributed by atoms with Crippen molar-refractivity contribution in [2.75, 3.05) is 0 Å². The number of thioether (sulfide) groups is 1. The van der Waals surface area contributed by atoms with Crippen LogP contribution in [0, 0.1) is 0 Å². The van der Waals surface area contributed by atoms with Crippen LogP contribution in [0.1, 0.15) is 16.1 Å². The maximum absolute atomic E-state index is 10.9. The molecule has 3 aromatic rings. The lowest BCUT2D eigenvalue weighted by Crippen LogP contribution is -1.91. The molecular weight excluding hydrogens is 352 g/mol. The SMILES string of the molecule is O=C(O)c1cc2cc(CSc3cccc(Br)c3)ccc2o1. The summed E-state index contributed by atoms with van der Waals surface area (Å²) in [5.41, 5.74) is 1.73. The Kier molecular flexibility index (Phi) is 4.03. The number of benzene rings is 2. The van der Waals surface area contributed by atoms with E-state index >= 15 is 0 Å². The Labute approximate surface area is 134 Å². The number of hydrogen-bond acceptors (Lipinski definition) is 3. The molecule has 1 aromatic heterocycles. The molecule has 0 fully saturated rings. The van der Waals surface area contributed by atoms with Gasteiger partial charge in [0.05, 0.1) is 0 Å². The molecule has 0 saturated carbocycles. The molecule has 0 atom stereocenters. The van der Waals surface area contributed by atoms with Crippen molar-refractivity contribution < 1.29 is 14.3 Å². The van der Waals surface area contributed by atoms with Crippen LogP contribution in [0.4, 0.5) is 0 Å². The second-order valence-corrected chi connectivity index (χ2v) is 6.50. The quantitative estimate of drug-likeness (QED) is 0.649. The lowest BCUT2D eigenvalue weighted by atomic mass is 10.2. The van der Waals surface area contributed by atoms with Gasteiger partial charge in [0.25, 0.3) is 0 Å². The van der Waals surface area contributed by atoms with Gasteiger partial charge < -0.3 is 9.52 Å². The third-order valence-electron chi connectivity index (χ3n) is 2.99. The molecule has 0 amide bonds. The second-order valence-electron chi connectivity index (χ2n) is 4.53. The number of carbonyl (C=O) groups is 1. The molecule has 0 radical (unpaired) electrons. The van der Waals surface area contributed by atoms with E-state index in [9.17, 15) is 4.79 Å². The number of fused-ring (bicyclic) bond motifs is 1. The average Bonchev–Trinajstić information content (AvgIpc) is 2.88. The molecule has 0 spiro atoms. The molecule has 2 aromatic carbocycles. The van der Waals surface area contributed by atoms with Crippen molar-refractivity contribution in [1.29, 1.82) is 0 Å². The molecule has 0 aliphatic carbocycles. The van der Waals surface area contributed by atoms with Crippen LogP contribution in [0.3, 0.4) is 0 Å². The highest BCUT2D eigenvalue weighted by Gasteiger charge is 2.10. The molecule has 3 rings (SSSR count). The summed E-state index contributed by atoms with van der Waals surface area (Å²) in [4.78, 5) is 12.1. The number of rotatable bonds is 4. The molecule has 5 heteroatoms. The van der Waals surface area contributed by atoms with Gasteiger partial charge in [-0.15, -0.1) is 11.8 Å². The molecule has 1 heterocycles. The van der Waals surface area contributed by atoms with E-state index in [-0.39, 0.29) is 5.76 Å². The van der Waals surface area contributed by atoms with Crippen molar-refractivity contribution >= 4 is 44.6 Å². The van der Waals surface area contributed by atoms with Gasteiger partial charge in [-0.1, -0.05) is 28.1 Å². The molecule has 3 nitrogen and oxygen atoms in total. The number of aromatic carboxylic acids is 1. The van der Waals surface area contributed by atoms with Gasteiger partial charge in [0.15, 0.2) is 0 Å². The molecule has 0 aliphatic heterocycles. The Morgan fingerprint density at radius 1 is 1.19 bits per heavy atom. The minimum Gasteiger partial charge on any atom is -0.475 e. The summed E-state index contributed by atoms with van der Waals surface area (Å²) in [6, 6.07) is 15.4. The highest BCUT2D eigenvalue weighted by molar-refractivity contribution is 9.10. The molecule has 0 aliphatic rings. The molecule has 21 heavy (non-hydrogen) atoms. The van der Waals surface area contributed by atoms with Crippen LogP contribution >= 0.6 is 27.7 Å². The molecule has 0 saturated heterocycles. The topological polar surface area (TPSA) is 50.4 Å². The zero-order valence-corrected chi connectivity index (χ0v) is 13.3. The van der Waals surface area contributed by atoms with Crippen molar-refractivity contribution in [3.8, 4) is 0 Å². The van der Waals surface area contributed by atoms with Crippen LogP contribution in [-0.4, -0.2) is 11.1 Å². The lowest BCUT2D eigenvalue weighted by Gasteiger charge is -2.02. The summed E-state index contributed by atoms with van der Waals surface area (Å²) in [5.74, 6) is -0.252. The number of furan rings is 1. The molecule has 106 valence electrons. The predicted octanol–water partition coefficient (Wildman–Crippen LogP) is 5.19. The highest BCUT2D eigenvalue weighted by atomic mass is 79.9. The van der Waals surface area contributed by atoms with Crippen LogP contribution < -0.4 is 0 Å². The maximum Gasteiger partial charge on any atom is 0.371 e. The Bertz CT molecular complexity index is 810. The Balaban J connectivity index is 1.79. The lowest BCUT2D eigenvalue weighted by molar-refractivity contribution is 0.0665. The van der Waals surface area contributed by atoms with E-state index in [0.29, 0.717) is 5.58 Å². The van der Waals surface area contributed by atoms with Gasteiger partial charge >= 0.3 is 5.97 Å². The van der Waals surface area contributed by atoms with Crippen molar-refractivity contribution in [2.45, 2.75) is 10.6 Å². The van der Waals surface area contributed by atoms with Crippen molar-refractivity contribution in [1.82, 2.24) is 0 Å². The number of hydrogen-bond donors (Lipinski definition) is 1. The zero-order valence-electron chi connectivity index (χ0n) is 10.9. The number of halogens is 1. The van der Waals surface area contributed by atoms with Crippen molar-refractivity contribution in [3.05, 3.63) is 64.3 Å². The van der Waals surface area contributed by atoms with Crippen LogP contribution in [0.5, 0.6) is 0 Å². The third-order valence-corrected chi connectivity index (χ3v) is 4.55. The first-order chi connectivity index (χ1) is 10.1. The van der Waals surface area contributed by atoms with Gasteiger partial charge in [-0.25, -0.2) is 4.79 Å². The third kappa shape index (κ3) is 3.31. The fourth-order valence-electron chi connectivity index (χ4n) is 2.01. The first kappa shape index (κ1) is 14.2. The minimum atomic E-state index is -1.05. The van der Waals surface area contributed by atoms with E-state index in [1.165, 1.54) is 4.90 Å². The monoisotopic (exact) mass is 362 g/mol. The van der Waals surface area contributed by atoms with Gasteiger partial charge in [-0.05, 0) is 42.0 Å². The largest absolute Gasteiger partial charge is 0.475 e. The molecular formula is C16H11BrO3S. The average molecular weight is 363 g/mol. The summed E-state index contributed by atoms with van der Waals surface area (Å²) >= 11 is 5.19. The van der Waals surface area contributed by atoms with Crippen LogP contribution in [0.2, 0.25) is 0 Å². The van der Waals surface area contributed by atoms with E-state index in [1.807, 2.05) is 30.3 Å². The van der Waals surface area contributed by atoms with Crippen LogP contribution in [0.15, 0.2) is 62.3 Å². The number of carboxylic acid groups (broad SMARTS) is 1. The number of carboxylic acids is 1. The van der Waals surface area contributed by atoms with Crippen LogP contribution in [-0.2, 0) is 5.75 Å². The van der Waals surface area contributed by atoms with E-state index in [2.05, 4.69) is 28.1 Å². The summed E-state index contributed by atoms with van der Waals surface area (Å²) in [7, 11) is 0. The molecule has 0 bridgehead atoms. The van der Waals surface area contributed by atoms with Gasteiger partial charge in [-0.2, -0.15) is 0 Å². The van der Waals surface area contributed by atoms with Crippen LogP contribution in [0.25, 0.3) is 11.0 Å². The fourth-order valence-corrected chi connectivity index (χ4v) is 3.46. The first-order valence-electron chi connectivity index (χ1n) is 6.26. The predicted molar refractivity (Wildman–Crippen MR) is 86.9 cm³/mol. The Hall–Kier alpha value is -1.72. The molecule has 0 unspecified atom stereocenters. The van der Waals surface area contributed by atoms with Gasteiger partial charge in [0.2, 0.25) is 5.76 Å². The Morgan fingerprint density at radius 2 is 2.05 bits per heavy atom. The summed E-state index contributed by atoms with van der Waals surface area (Å²) in [6.07, 6.45) is 0. The van der Waals surface area contributed by atoms with E-state index in [4.69, 9.17) is 9.52 Å². The summed E-state index contributed by atoms with van der Waals surface area (Å²) < 4.78 is 6.31. The molecule has 1 N–H and O–H groups in total. The van der Waals surface area contributed by atoms with Gasteiger partial charge in [0.1, 0.15) is 5.58 Å². The maximum atomic E-state index is 10.9. The summed E-state index contributed by atoms with van der Waals surface area (Å²) in [5, 5.41) is 9.75. The van der Waals surface area contributed by atoms with E-state index in [1.54, 1.807) is 17.8 Å². The van der Waals surface area contributed by atoms with Crippen molar-refractivity contribution in [2.24, 2.45) is 0 Å². The van der Waals surface area contributed by atoms with Gasteiger partial charge in [-0.3, -0.25) is 0 Å². The summed E-state index contributed by atoms with van der Waals surface area (Å²) in [6.45, 7) is 0. The van der Waals surface area contributed by atoms with Crippen molar-refractivity contribution in [3.63, 3.8) is 0 Å². The van der Waals surface area contributed by atoms with E-state index < -0.39 is 5.97 Å². The smallest absolute Gasteiger partial charge is 0.371 e. The first-order valence-corrected chi connectivity index (χ1v) is 8.04. The highest BCUT2D eigenvalue weighted by Crippen LogP contribution is 2.27. The minimum absolute atomic E-state index is 0.0261. The van der Waals surface area contributed by atoms with Gasteiger partial charge in [0, 0.05) is 20.5 Å². The fraction of sp³-hybridized carbons (Fsp3) is 0.0625.